The third-order valence-corrected chi connectivity index (χ3v) is 4.18. The van der Waals surface area contributed by atoms with Crippen LogP contribution in [0.4, 0.5) is 11.4 Å². The van der Waals surface area contributed by atoms with Crippen molar-refractivity contribution in [1.29, 1.82) is 0 Å². The lowest BCUT2D eigenvalue weighted by atomic mass is 10.2. The highest BCUT2D eigenvalue weighted by atomic mass is 35.5. The maximum absolute atomic E-state index is 12.2. The van der Waals surface area contributed by atoms with E-state index >= 15 is 0 Å². The Labute approximate surface area is 164 Å². The van der Waals surface area contributed by atoms with Crippen LogP contribution < -0.4 is 15.4 Å². The highest BCUT2D eigenvalue weighted by molar-refractivity contribution is 7.80. The second kappa shape index (κ2) is 8.31. The zero-order chi connectivity index (χ0) is 19.4. The van der Waals surface area contributed by atoms with Crippen molar-refractivity contribution in [2.45, 2.75) is 6.92 Å². The summed E-state index contributed by atoms with van der Waals surface area (Å²) >= 11 is 17.0. The van der Waals surface area contributed by atoms with Gasteiger partial charge in [0, 0.05) is 17.3 Å². The van der Waals surface area contributed by atoms with E-state index in [-0.39, 0.29) is 20.8 Å². The van der Waals surface area contributed by atoms with E-state index in [0.717, 1.165) is 0 Å². The number of nitrogens with zero attached hydrogens (tertiary/aromatic N) is 1. The lowest BCUT2D eigenvalue weighted by molar-refractivity contribution is -0.384. The van der Waals surface area contributed by atoms with Gasteiger partial charge in [-0.25, -0.2) is 0 Å². The number of benzene rings is 2. The van der Waals surface area contributed by atoms with Crippen LogP contribution in [0.15, 0.2) is 30.3 Å². The molecule has 0 radical (unpaired) electrons. The molecular weight excluding hydrogens is 401 g/mol. The number of ether oxygens (including phenoxy) is 1. The topological polar surface area (TPSA) is 93.5 Å². The smallest absolute Gasteiger partial charge is 0.288 e. The van der Waals surface area contributed by atoms with Gasteiger partial charge in [0.1, 0.15) is 10.8 Å². The molecular formula is C16H13Cl2N3O4S. The fraction of sp³-hybridized carbons (Fsp3) is 0.125. The van der Waals surface area contributed by atoms with E-state index in [0.29, 0.717) is 22.6 Å². The van der Waals surface area contributed by atoms with Crippen LogP contribution in [0, 0.1) is 17.0 Å². The molecule has 136 valence electrons. The van der Waals surface area contributed by atoms with Gasteiger partial charge in [0.05, 0.1) is 17.1 Å². The Kier molecular flexibility index (Phi) is 6.36. The normalized spacial score (nSPS) is 10.2. The molecule has 0 aliphatic heterocycles. The summed E-state index contributed by atoms with van der Waals surface area (Å²) in [7, 11) is 1.47. The summed E-state index contributed by atoms with van der Waals surface area (Å²) < 4.78 is 5.03. The number of nitro groups is 1. The Balaban J connectivity index is 2.11. The molecule has 0 aromatic heterocycles. The SMILES string of the molecule is COc1ccc(C(=O)NC(=S)Nc2cc(Cl)c([N+](=O)[O-])cc2C)cc1Cl. The molecule has 0 bridgehead atoms. The van der Waals surface area contributed by atoms with Gasteiger partial charge in [0.25, 0.3) is 11.6 Å². The number of rotatable bonds is 4. The van der Waals surface area contributed by atoms with Gasteiger partial charge in [0.15, 0.2) is 5.11 Å². The van der Waals surface area contributed by atoms with Gasteiger partial charge in [-0.05, 0) is 49.0 Å². The molecule has 10 heteroatoms. The van der Waals surface area contributed by atoms with Crippen molar-refractivity contribution in [3.8, 4) is 5.75 Å². The molecule has 26 heavy (non-hydrogen) atoms. The van der Waals surface area contributed by atoms with Crippen LogP contribution in [0.5, 0.6) is 5.75 Å². The molecule has 0 saturated heterocycles. The van der Waals surface area contributed by atoms with Gasteiger partial charge in [-0.2, -0.15) is 0 Å². The number of halogens is 2. The Hall–Kier alpha value is -2.42. The molecule has 2 rings (SSSR count). The summed E-state index contributed by atoms with van der Waals surface area (Å²) in [5.74, 6) is -0.0298. The fourth-order valence-corrected chi connectivity index (χ4v) is 2.77. The number of hydrogen-bond acceptors (Lipinski definition) is 5. The van der Waals surface area contributed by atoms with Gasteiger partial charge in [-0.1, -0.05) is 23.2 Å². The first-order valence-electron chi connectivity index (χ1n) is 7.13. The number of carbonyl (C=O) groups excluding carboxylic acids is 1. The van der Waals surface area contributed by atoms with Crippen LogP contribution in [-0.2, 0) is 0 Å². The lowest BCUT2D eigenvalue weighted by Crippen LogP contribution is -2.34. The van der Waals surface area contributed by atoms with Crippen LogP contribution in [-0.4, -0.2) is 23.1 Å². The van der Waals surface area contributed by atoms with Gasteiger partial charge in [-0.3, -0.25) is 20.2 Å². The summed E-state index contributed by atoms with van der Waals surface area (Å²) in [5.41, 5.74) is 1.07. The number of anilines is 1. The molecule has 0 saturated carbocycles. The lowest BCUT2D eigenvalue weighted by Gasteiger charge is -2.12. The third-order valence-electron chi connectivity index (χ3n) is 3.38. The molecule has 2 aromatic rings. The van der Waals surface area contributed by atoms with Crippen LogP contribution in [0.3, 0.4) is 0 Å². The average Bonchev–Trinajstić information content (AvgIpc) is 2.57. The maximum Gasteiger partial charge on any atom is 0.288 e. The van der Waals surface area contributed by atoms with Gasteiger partial charge in [-0.15, -0.1) is 0 Å². The average molecular weight is 414 g/mol. The van der Waals surface area contributed by atoms with Crippen molar-refractivity contribution in [2.75, 3.05) is 12.4 Å². The number of aryl methyl sites for hydroxylation is 1. The van der Waals surface area contributed by atoms with Crippen LogP contribution in [0.2, 0.25) is 10.0 Å². The number of thiocarbonyl (C=S) groups is 1. The van der Waals surface area contributed by atoms with E-state index in [2.05, 4.69) is 10.6 Å². The van der Waals surface area contributed by atoms with Crippen molar-refractivity contribution < 1.29 is 14.5 Å². The Morgan fingerprint density at radius 1 is 1.23 bits per heavy atom. The predicted octanol–water partition coefficient (Wildman–Crippen LogP) is 4.35. The highest BCUT2D eigenvalue weighted by Crippen LogP contribution is 2.30. The molecule has 2 aromatic carbocycles. The second-order valence-corrected chi connectivity index (χ2v) is 6.36. The summed E-state index contributed by atoms with van der Waals surface area (Å²) in [6.45, 7) is 1.65. The van der Waals surface area contributed by atoms with E-state index < -0.39 is 10.8 Å². The van der Waals surface area contributed by atoms with Crippen molar-refractivity contribution >= 4 is 57.8 Å². The molecule has 0 aliphatic rings. The van der Waals surface area contributed by atoms with E-state index in [4.69, 9.17) is 40.2 Å². The zero-order valence-electron chi connectivity index (χ0n) is 13.6. The molecule has 0 fully saturated rings. The molecule has 0 spiro atoms. The minimum Gasteiger partial charge on any atom is -0.495 e. The number of nitrogens with one attached hydrogen (secondary N) is 2. The van der Waals surface area contributed by atoms with E-state index in [1.807, 2.05) is 0 Å². The first-order chi connectivity index (χ1) is 12.2. The molecule has 7 nitrogen and oxygen atoms in total. The molecule has 2 N–H and O–H groups in total. The number of amides is 1. The van der Waals surface area contributed by atoms with Crippen molar-refractivity contribution in [2.24, 2.45) is 0 Å². The first kappa shape index (κ1) is 19.9. The minimum absolute atomic E-state index is 0.00922. The predicted molar refractivity (Wildman–Crippen MR) is 105 cm³/mol. The number of methoxy groups -OCH3 is 1. The minimum atomic E-state index is -0.577. The van der Waals surface area contributed by atoms with Gasteiger partial charge < -0.3 is 10.1 Å². The molecule has 0 aliphatic carbocycles. The summed E-state index contributed by atoms with van der Waals surface area (Å²) in [6, 6.07) is 7.24. The summed E-state index contributed by atoms with van der Waals surface area (Å²) in [5, 5.41) is 16.4. The van der Waals surface area contributed by atoms with Gasteiger partial charge >= 0.3 is 0 Å². The molecule has 1 amide bonds. The standard InChI is InChI=1S/C16H13Cl2N3O4S/c1-8-5-13(21(23)24)10(17)7-12(8)19-16(26)20-15(22)9-3-4-14(25-2)11(18)6-9/h3-7H,1-2H3,(H2,19,20,22,26). The number of hydrogen-bond donors (Lipinski definition) is 2. The summed E-state index contributed by atoms with van der Waals surface area (Å²) in [6.07, 6.45) is 0. The highest BCUT2D eigenvalue weighted by Gasteiger charge is 2.16. The first-order valence-corrected chi connectivity index (χ1v) is 8.29. The summed E-state index contributed by atoms with van der Waals surface area (Å²) in [4.78, 5) is 22.5. The van der Waals surface area contributed by atoms with E-state index in [1.165, 1.54) is 31.4 Å². The Morgan fingerprint density at radius 3 is 2.50 bits per heavy atom. The Bertz CT molecular complexity index is 905. The van der Waals surface area contributed by atoms with Crippen LogP contribution in [0.1, 0.15) is 15.9 Å². The molecule has 0 heterocycles. The zero-order valence-corrected chi connectivity index (χ0v) is 16.0. The molecule has 0 unspecified atom stereocenters. The molecule has 0 atom stereocenters. The quantitative estimate of drug-likeness (QED) is 0.439. The van der Waals surface area contributed by atoms with Gasteiger partial charge in [0.2, 0.25) is 0 Å². The van der Waals surface area contributed by atoms with Crippen molar-refractivity contribution in [3.63, 3.8) is 0 Å². The van der Waals surface area contributed by atoms with Crippen molar-refractivity contribution in [1.82, 2.24) is 5.32 Å². The second-order valence-electron chi connectivity index (χ2n) is 5.13. The van der Waals surface area contributed by atoms with Crippen molar-refractivity contribution in [3.05, 3.63) is 61.6 Å². The monoisotopic (exact) mass is 413 g/mol. The number of carbonyl (C=O) groups is 1. The maximum atomic E-state index is 12.2. The van der Waals surface area contributed by atoms with Crippen LogP contribution in [0.25, 0.3) is 0 Å². The van der Waals surface area contributed by atoms with E-state index in [9.17, 15) is 14.9 Å². The largest absolute Gasteiger partial charge is 0.495 e. The van der Waals surface area contributed by atoms with E-state index in [1.54, 1.807) is 13.0 Å². The fourth-order valence-electron chi connectivity index (χ4n) is 2.08. The number of nitro benzene ring substituents is 1. The van der Waals surface area contributed by atoms with Crippen LogP contribution >= 0.6 is 35.4 Å². The Morgan fingerprint density at radius 2 is 1.92 bits per heavy atom. The third kappa shape index (κ3) is 4.60.